The van der Waals surface area contributed by atoms with E-state index in [-0.39, 0.29) is 0 Å². The molecule has 1 aliphatic carbocycles. The third-order valence-electron chi connectivity index (χ3n) is 3.57. The van der Waals surface area contributed by atoms with Gasteiger partial charge in [0.1, 0.15) is 4.99 Å². The van der Waals surface area contributed by atoms with E-state index in [0.29, 0.717) is 11.0 Å². The van der Waals surface area contributed by atoms with Gasteiger partial charge in [0.05, 0.1) is 5.69 Å². The van der Waals surface area contributed by atoms with Crippen molar-refractivity contribution in [3.05, 3.63) is 29.3 Å². The van der Waals surface area contributed by atoms with Crippen LogP contribution in [0.25, 0.3) is 0 Å². The molecule has 0 bridgehead atoms. The largest absolute Gasteiger partial charge is 0.389 e. The average molecular weight is 262 g/mol. The number of benzene rings is 1. The zero-order valence-corrected chi connectivity index (χ0v) is 12.3. The quantitative estimate of drug-likeness (QED) is 0.826. The van der Waals surface area contributed by atoms with E-state index in [9.17, 15) is 0 Å². The van der Waals surface area contributed by atoms with Crippen molar-refractivity contribution in [1.29, 1.82) is 0 Å². The fraction of sp³-hybridized carbons (Fsp3) is 0.533. The maximum Gasteiger partial charge on any atom is 0.106 e. The van der Waals surface area contributed by atoms with E-state index in [0.717, 1.165) is 18.0 Å². The van der Waals surface area contributed by atoms with Crippen LogP contribution in [0.2, 0.25) is 0 Å². The minimum Gasteiger partial charge on any atom is -0.389 e. The fourth-order valence-electron chi connectivity index (χ4n) is 2.38. The summed E-state index contributed by atoms with van der Waals surface area (Å²) in [5.41, 5.74) is 9.37. The molecule has 0 aliphatic heterocycles. The van der Waals surface area contributed by atoms with Crippen molar-refractivity contribution in [3.63, 3.8) is 0 Å². The Hall–Kier alpha value is -1.09. The van der Waals surface area contributed by atoms with Crippen LogP contribution in [0.15, 0.2) is 18.2 Å². The predicted octanol–water partition coefficient (Wildman–Crippen LogP) is 3.25. The number of para-hydroxylation sites is 1. The highest BCUT2D eigenvalue weighted by atomic mass is 32.1. The summed E-state index contributed by atoms with van der Waals surface area (Å²) in [4.78, 5) is 2.96. The van der Waals surface area contributed by atoms with Crippen molar-refractivity contribution in [2.24, 2.45) is 11.7 Å². The minimum absolute atomic E-state index is 0.472. The first kappa shape index (κ1) is 13.3. The van der Waals surface area contributed by atoms with E-state index in [1.807, 2.05) is 12.1 Å². The van der Waals surface area contributed by atoms with Gasteiger partial charge in [-0.25, -0.2) is 0 Å². The number of hydrogen-bond donors (Lipinski definition) is 1. The molecule has 0 aromatic heterocycles. The summed E-state index contributed by atoms with van der Waals surface area (Å²) in [5, 5.41) is 0. The molecule has 1 saturated carbocycles. The average Bonchev–Trinajstić information content (AvgIpc) is 3.09. The molecule has 1 aromatic carbocycles. The standard InChI is InChI=1S/C15H22N2S/c1-10(2)17(9-12-7-8-12)14-11(3)5-4-6-13(14)15(16)18/h4-6,10,12H,7-9H2,1-3H3,(H2,16,18). The van der Waals surface area contributed by atoms with Gasteiger partial charge in [0, 0.05) is 18.2 Å². The van der Waals surface area contributed by atoms with Crippen LogP contribution in [0.3, 0.4) is 0 Å². The molecule has 2 N–H and O–H groups in total. The van der Waals surface area contributed by atoms with Gasteiger partial charge >= 0.3 is 0 Å². The first-order valence-electron chi connectivity index (χ1n) is 6.66. The number of nitrogens with zero attached hydrogens (tertiary/aromatic N) is 1. The Morgan fingerprint density at radius 3 is 2.61 bits per heavy atom. The van der Waals surface area contributed by atoms with Crippen molar-refractivity contribution >= 4 is 22.9 Å². The molecule has 2 rings (SSSR count). The molecule has 98 valence electrons. The Kier molecular flexibility index (Phi) is 3.91. The maximum absolute atomic E-state index is 5.87. The molecule has 1 fully saturated rings. The summed E-state index contributed by atoms with van der Waals surface area (Å²) >= 11 is 5.20. The molecule has 0 atom stereocenters. The van der Waals surface area contributed by atoms with Crippen molar-refractivity contribution in [1.82, 2.24) is 0 Å². The number of anilines is 1. The van der Waals surface area contributed by atoms with E-state index < -0.39 is 0 Å². The lowest BCUT2D eigenvalue weighted by molar-refractivity contribution is 0.643. The number of thiocarbonyl (C=S) groups is 1. The first-order valence-corrected chi connectivity index (χ1v) is 7.07. The Labute approximate surface area is 115 Å². The minimum atomic E-state index is 0.472. The molecule has 2 nitrogen and oxygen atoms in total. The van der Waals surface area contributed by atoms with Crippen LogP contribution >= 0.6 is 12.2 Å². The molecule has 1 aromatic rings. The van der Waals surface area contributed by atoms with Gasteiger partial charge in [-0.2, -0.15) is 0 Å². The lowest BCUT2D eigenvalue weighted by Gasteiger charge is -2.32. The molecule has 0 heterocycles. The van der Waals surface area contributed by atoms with Gasteiger partial charge in [-0.05, 0) is 51.2 Å². The monoisotopic (exact) mass is 262 g/mol. The second-order valence-electron chi connectivity index (χ2n) is 5.52. The molecule has 18 heavy (non-hydrogen) atoms. The van der Waals surface area contributed by atoms with Crippen LogP contribution < -0.4 is 10.6 Å². The Morgan fingerprint density at radius 1 is 1.44 bits per heavy atom. The van der Waals surface area contributed by atoms with Crippen LogP contribution in [0.5, 0.6) is 0 Å². The Balaban J connectivity index is 2.41. The van der Waals surface area contributed by atoms with E-state index in [1.165, 1.54) is 24.1 Å². The normalized spacial score (nSPS) is 14.9. The number of hydrogen-bond acceptors (Lipinski definition) is 2. The topological polar surface area (TPSA) is 29.3 Å². The van der Waals surface area contributed by atoms with Crippen LogP contribution in [-0.4, -0.2) is 17.6 Å². The maximum atomic E-state index is 5.87. The number of rotatable bonds is 5. The summed E-state index contributed by atoms with van der Waals surface area (Å²) in [6.07, 6.45) is 2.72. The SMILES string of the molecule is Cc1cccc(C(N)=S)c1N(CC1CC1)C(C)C. The van der Waals surface area contributed by atoms with Gasteiger partial charge in [0.2, 0.25) is 0 Å². The number of nitrogens with two attached hydrogens (primary N) is 1. The summed E-state index contributed by atoms with van der Waals surface area (Å²) in [7, 11) is 0. The van der Waals surface area contributed by atoms with Crippen LogP contribution in [-0.2, 0) is 0 Å². The highest BCUT2D eigenvalue weighted by Crippen LogP contribution is 2.34. The lowest BCUT2D eigenvalue weighted by atomic mass is 10.0. The van der Waals surface area contributed by atoms with Crippen LogP contribution in [0.4, 0.5) is 5.69 Å². The third kappa shape index (κ3) is 2.83. The van der Waals surface area contributed by atoms with Crippen molar-refractivity contribution in [2.45, 2.75) is 39.7 Å². The molecule has 0 radical (unpaired) electrons. The summed E-state index contributed by atoms with van der Waals surface area (Å²) in [6, 6.07) is 6.68. The van der Waals surface area contributed by atoms with Gasteiger partial charge < -0.3 is 10.6 Å². The van der Waals surface area contributed by atoms with Crippen molar-refractivity contribution in [2.75, 3.05) is 11.4 Å². The van der Waals surface area contributed by atoms with Gasteiger partial charge in [0.15, 0.2) is 0 Å². The first-order chi connectivity index (χ1) is 8.50. The Bertz CT molecular complexity index is 450. The van der Waals surface area contributed by atoms with Crippen LogP contribution in [0.1, 0.15) is 37.8 Å². The predicted molar refractivity (Wildman–Crippen MR) is 82.3 cm³/mol. The lowest BCUT2D eigenvalue weighted by Crippen LogP contribution is -2.35. The van der Waals surface area contributed by atoms with E-state index in [4.69, 9.17) is 18.0 Å². The molecule has 0 unspecified atom stereocenters. The molecule has 3 heteroatoms. The molecule has 0 amide bonds. The van der Waals surface area contributed by atoms with Gasteiger partial charge in [0.25, 0.3) is 0 Å². The van der Waals surface area contributed by atoms with E-state index in [2.05, 4.69) is 31.7 Å². The molecule has 0 saturated heterocycles. The second kappa shape index (κ2) is 5.27. The molecular weight excluding hydrogens is 240 g/mol. The smallest absolute Gasteiger partial charge is 0.106 e. The van der Waals surface area contributed by atoms with Crippen LogP contribution in [0, 0.1) is 12.8 Å². The van der Waals surface area contributed by atoms with E-state index in [1.54, 1.807) is 0 Å². The zero-order valence-electron chi connectivity index (χ0n) is 11.4. The van der Waals surface area contributed by atoms with Crippen molar-refractivity contribution < 1.29 is 0 Å². The Morgan fingerprint density at radius 2 is 2.11 bits per heavy atom. The number of aryl methyl sites for hydroxylation is 1. The van der Waals surface area contributed by atoms with Gasteiger partial charge in [-0.1, -0.05) is 24.4 Å². The molecular formula is C15H22N2S. The summed E-state index contributed by atoms with van der Waals surface area (Å²) in [6.45, 7) is 7.73. The highest BCUT2D eigenvalue weighted by molar-refractivity contribution is 7.80. The molecule has 1 aliphatic rings. The molecule has 0 spiro atoms. The van der Waals surface area contributed by atoms with Gasteiger partial charge in [-0.3, -0.25) is 0 Å². The summed E-state index contributed by atoms with van der Waals surface area (Å²) in [5.74, 6) is 0.853. The summed E-state index contributed by atoms with van der Waals surface area (Å²) < 4.78 is 0. The fourth-order valence-corrected chi connectivity index (χ4v) is 2.54. The van der Waals surface area contributed by atoms with Gasteiger partial charge in [-0.15, -0.1) is 0 Å². The van der Waals surface area contributed by atoms with E-state index >= 15 is 0 Å². The highest BCUT2D eigenvalue weighted by Gasteiger charge is 2.27. The second-order valence-corrected chi connectivity index (χ2v) is 5.96. The van der Waals surface area contributed by atoms with Crippen molar-refractivity contribution in [3.8, 4) is 0 Å². The zero-order chi connectivity index (χ0) is 13.3. The third-order valence-corrected chi connectivity index (χ3v) is 3.79.